The van der Waals surface area contributed by atoms with Gasteiger partial charge in [0.1, 0.15) is 6.07 Å². The summed E-state index contributed by atoms with van der Waals surface area (Å²) in [5.74, 6) is 0. The van der Waals surface area contributed by atoms with E-state index in [1.165, 1.54) is 60.7 Å². The zero-order valence-electron chi connectivity index (χ0n) is 36.0. The van der Waals surface area contributed by atoms with Gasteiger partial charge in [-0.3, -0.25) is 0 Å². The Kier molecular flexibility index (Phi) is 10.8. The number of nitrogens with zero attached hydrogens (tertiary/aromatic N) is 3. The molecule has 0 aliphatic carbocycles. The SMILES string of the molecule is N#Cc1cccc(-c2cc(C(F)(F)F)ccc2-n2c3ccccc3c3cc(-c4cc(C(F)(F)F)cc(C(F)(F)F)c4)ccc32)c1-n1c2ccccc2c2cc(-c3cc(C(F)(F)F)cc(C(F)(F)F)c3)ccc21. The largest absolute Gasteiger partial charge is 0.416 e. The molecule has 362 valence electrons. The normalized spacial score (nSPS) is 12.9. The summed E-state index contributed by atoms with van der Waals surface area (Å²) in [6.45, 7) is 0. The minimum absolute atomic E-state index is 0.00294. The first-order valence-corrected chi connectivity index (χ1v) is 21.2. The molecule has 0 spiro atoms. The van der Waals surface area contributed by atoms with Gasteiger partial charge in [-0.2, -0.15) is 71.1 Å². The first-order valence-electron chi connectivity index (χ1n) is 21.2. The molecule has 0 saturated heterocycles. The van der Waals surface area contributed by atoms with E-state index < -0.39 is 69.8 Å². The van der Waals surface area contributed by atoms with Gasteiger partial charge < -0.3 is 9.13 Å². The van der Waals surface area contributed by atoms with Crippen molar-refractivity contribution in [2.75, 3.05) is 0 Å². The second-order valence-corrected chi connectivity index (χ2v) is 16.8. The van der Waals surface area contributed by atoms with Crippen molar-refractivity contribution in [2.24, 2.45) is 0 Å². The molecule has 8 aromatic carbocycles. The molecule has 3 nitrogen and oxygen atoms in total. The second-order valence-electron chi connectivity index (χ2n) is 16.8. The lowest BCUT2D eigenvalue weighted by atomic mass is 9.95. The Morgan fingerprint density at radius 2 is 0.736 bits per heavy atom. The molecule has 0 fully saturated rings. The monoisotopic (exact) mass is 1000 g/mol. The van der Waals surface area contributed by atoms with Crippen LogP contribution in [-0.4, -0.2) is 9.13 Å². The van der Waals surface area contributed by atoms with E-state index in [2.05, 4.69) is 6.07 Å². The maximum Gasteiger partial charge on any atom is 0.416 e. The van der Waals surface area contributed by atoms with E-state index in [9.17, 15) is 71.1 Å². The summed E-state index contributed by atoms with van der Waals surface area (Å²) in [4.78, 5) is 0. The molecule has 10 rings (SSSR count). The summed E-state index contributed by atoms with van der Waals surface area (Å²) in [5.41, 5.74) is -6.98. The molecule has 18 heteroatoms. The average molecular weight is 1000 g/mol. The number of nitriles is 1. The van der Waals surface area contributed by atoms with Crippen molar-refractivity contribution in [1.29, 1.82) is 5.26 Å². The molecular weight excluding hydrogens is 976 g/mol. The molecule has 2 aromatic heterocycles. The molecule has 0 aliphatic rings. The molecule has 0 amide bonds. The number of hydrogen-bond acceptors (Lipinski definition) is 1. The van der Waals surface area contributed by atoms with Crippen LogP contribution in [0, 0.1) is 11.3 Å². The number of para-hydroxylation sites is 3. The quantitative estimate of drug-likeness (QED) is 0.158. The van der Waals surface area contributed by atoms with Gasteiger partial charge in [0.2, 0.25) is 0 Å². The second kappa shape index (κ2) is 16.4. The molecule has 72 heavy (non-hydrogen) atoms. The molecule has 2 heterocycles. The molecule has 0 unspecified atom stereocenters. The predicted octanol–water partition coefficient (Wildman–Crippen LogP) is 17.8. The summed E-state index contributed by atoms with van der Waals surface area (Å²) in [5, 5.41) is 12.1. The third-order valence-electron chi connectivity index (χ3n) is 12.4. The van der Waals surface area contributed by atoms with Gasteiger partial charge in [0.25, 0.3) is 0 Å². The van der Waals surface area contributed by atoms with E-state index in [-0.39, 0.29) is 62.4 Å². The smallest absolute Gasteiger partial charge is 0.309 e. The number of fused-ring (bicyclic) bond motifs is 6. The zero-order valence-corrected chi connectivity index (χ0v) is 36.0. The first kappa shape index (κ1) is 47.5. The van der Waals surface area contributed by atoms with Crippen LogP contribution in [0.5, 0.6) is 0 Å². The summed E-state index contributed by atoms with van der Waals surface area (Å²) in [7, 11) is 0. The van der Waals surface area contributed by atoms with Crippen molar-refractivity contribution in [3.63, 3.8) is 0 Å². The first-order chi connectivity index (χ1) is 33.8. The fraction of sp³-hybridized carbons (Fsp3) is 0.0926. The van der Waals surface area contributed by atoms with Crippen LogP contribution >= 0.6 is 0 Å². The predicted molar refractivity (Wildman–Crippen MR) is 241 cm³/mol. The van der Waals surface area contributed by atoms with Crippen LogP contribution in [0.25, 0.3) is 88.4 Å². The van der Waals surface area contributed by atoms with Gasteiger partial charge in [-0.05, 0) is 119 Å². The van der Waals surface area contributed by atoms with E-state index in [1.54, 1.807) is 57.7 Å². The zero-order chi connectivity index (χ0) is 51.4. The Morgan fingerprint density at radius 3 is 1.18 bits per heavy atom. The van der Waals surface area contributed by atoms with Crippen molar-refractivity contribution in [1.82, 2.24) is 9.13 Å². The maximum atomic E-state index is 14.8. The van der Waals surface area contributed by atoms with E-state index in [1.807, 2.05) is 0 Å². The van der Waals surface area contributed by atoms with Gasteiger partial charge in [0.15, 0.2) is 0 Å². The van der Waals surface area contributed by atoms with Crippen molar-refractivity contribution in [3.05, 3.63) is 191 Å². The van der Waals surface area contributed by atoms with Crippen molar-refractivity contribution in [3.8, 4) is 50.8 Å². The van der Waals surface area contributed by atoms with Gasteiger partial charge in [-0.1, -0.05) is 60.7 Å². The van der Waals surface area contributed by atoms with Crippen LogP contribution in [-0.2, 0) is 30.9 Å². The Hall–Kier alpha value is -8.20. The lowest BCUT2D eigenvalue weighted by molar-refractivity contribution is -0.144. The molecule has 0 aliphatic heterocycles. The molecule has 0 bridgehead atoms. The number of rotatable bonds is 5. The van der Waals surface area contributed by atoms with Crippen molar-refractivity contribution < 1.29 is 65.9 Å². The van der Waals surface area contributed by atoms with E-state index in [0.717, 1.165) is 12.1 Å². The molecule has 0 atom stereocenters. The van der Waals surface area contributed by atoms with Gasteiger partial charge in [0, 0.05) is 32.7 Å². The Bertz CT molecular complexity index is 3810. The maximum absolute atomic E-state index is 14.8. The molecule has 0 N–H and O–H groups in total. The summed E-state index contributed by atoms with van der Waals surface area (Å²) in [6, 6.07) is 32.7. The molecule has 0 radical (unpaired) electrons. The topological polar surface area (TPSA) is 33.6 Å². The van der Waals surface area contributed by atoms with E-state index in [4.69, 9.17) is 0 Å². The lowest BCUT2D eigenvalue weighted by Crippen LogP contribution is -2.11. The van der Waals surface area contributed by atoms with E-state index >= 15 is 0 Å². The van der Waals surface area contributed by atoms with Crippen LogP contribution < -0.4 is 0 Å². The minimum atomic E-state index is -5.14. The van der Waals surface area contributed by atoms with E-state index in [0.29, 0.717) is 56.8 Å². The molecule has 10 aromatic rings. The van der Waals surface area contributed by atoms with Crippen LogP contribution in [0.4, 0.5) is 65.9 Å². The highest BCUT2D eigenvalue weighted by Gasteiger charge is 2.39. The third kappa shape index (κ3) is 8.21. The van der Waals surface area contributed by atoms with Gasteiger partial charge in [-0.15, -0.1) is 0 Å². The summed E-state index contributed by atoms with van der Waals surface area (Å²) < 4.78 is 215. The fourth-order valence-electron chi connectivity index (χ4n) is 9.26. The fourth-order valence-corrected chi connectivity index (χ4v) is 9.26. The Balaban J connectivity index is 1.23. The van der Waals surface area contributed by atoms with Crippen LogP contribution in [0.1, 0.15) is 33.4 Å². The van der Waals surface area contributed by atoms with Crippen molar-refractivity contribution >= 4 is 43.6 Å². The lowest BCUT2D eigenvalue weighted by Gasteiger charge is -2.21. The number of benzene rings is 8. The number of halogens is 15. The van der Waals surface area contributed by atoms with Crippen LogP contribution in [0.3, 0.4) is 0 Å². The number of hydrogen-bond donors (Lipinski definition) is 0. The van der Waals surface area contributed by atoms with Crippen LogP contribution in [0.2, 0.25) is 0 Å². The average Bonchev–Trinajstić information content (AvgIpc) is 3.83. The highest BCUT2D eigenvalue weighted by atomic mass is 19.4. The Morgan fingerprint density at radius 1 is 0.319 bits per heavy atom. The standard InChI is InChI=1S/C54H26F15N3/c55-50(56,57)33-14-17-47(71-44-10-3-1-7-38(44)41-22-28(12-15-46(41)71)31-18-34(51(58,59)60)24-35(19-31)52(61,62)63)43(26-33)40-9-5-6-30(27-70)49(40)72-45-11-4-2-8-39(45)42-23-29(13-16-48(42)72)32-20-36(53(64,65)66)25-37(21-32)54(67,68)69/h1-26H. The van der Waals surface area contributed by atoms with Gasteiger partial charge in [0.05, 0.1) is 66.8 Å². The number of alkyl halides is 15. The molecular formula is C54H26F15N3. The van der Waals surface area contributed by atoms with Crippen molar-refractivity contribution in [2.45, 2.75) is 30.9 Å². The minimum Gasteiger partial charge on any atom is -0.309 e. The highest BCUT2D eigenvalue weighted by Crippen LogP contribution is 2.47. The number of aromatic nitrogens is 2. The molecule has 0 saturated carbocycles. The summed E-state index contributed by atoms with van der Waals surface area (Å²) in [6.07, 6.45) is -25.5. The third-order valence-corrected chi connectivity index (χ3v) is 12.4. The summed E-state index contributed by atoms with van der Waals surface area (Å²) >= 11 is 0. The van der Waals surface area contributed by atoms with Gasteiger partial charge >= 0.3 is 30.9 Å². The highest BCUT2D eigenvalue weighted by molar-refractivity contribution is 6.13. The Labute approximate surface area is 395 Å². The van der Waals surface area contributed by atoms with Crippen LogP contribution in [0.15, 0.2) is 158 Å². The van der Waals surface area contributed by atoms with Gasteiger partial charge in [-0.25, -0.2) is 0 Å².